The van der Waals surface area contributed by atoms with E-state index in [1.54, 1.807) is 6.20 Å². The van der Waals surface area contributed by atoms with Crippen LogP contribution in [0.15, 0.2) is 12.3 Å². The van der Waals surface area contributed by atoms with E-state index in [9.17, 15) is 0 Å². The van der Waals surface area contributed by atoms with Crippen molar-refractivity contribution in [2.45, 2.75) is 52.4 Å². The molecule has 1 heterocycles. The van der Waals surface area contributed by atoms with Gasteiger partial charge in [0.15, 0.2) is 0 Å². The summed E-state index contributed by atoms with van der Waals surface area (Å²) < 4.78 is 0. The van der Waals surface area contributed by atoms with E-state index in [2.05, 4.69) is 47.5 Å². The standard InChI is InChI=1S/C16H20N2/c1-3-5-7-9-11-15-13-14-17-16(18-15)12-10-8-6-4-2/h13-14H,3-8H2,1-2H3. The lowest BCUT2D eigenvalue weighted by atomic mass is 10.2. The summed E-state index contributed by atoms with van der Waals surface area (Å²) >= 11 is 0. The summed E-state index contributed by atoms with van der Waals surface area (Å²) in [4.78, 5) is 8.44. The van der Waals surface area contributed by atoms with Gasteiger partial charge in [0.2, 0.25) is 5.82 Å². The van der Waals surface area contributed by atoms with Crippen molar-refractivity contribution in [2.24, 2.45) is 0 Å². The van der Waals surface area contributed by atoms with Gasteiger partial charge in [-0.1, -0.05) is 38.5 Å². The zero-order valence-electron chi connectivity index (χ0n) is 11.3. The second-order valence-electron chi connectivity index (χ2n) is 4.08. The first kappa shape index (κ1) is 14.3. The van der Waals surface area contributed by atoms with E-state index in [1.165, 1.54) is 12.8 Å². The van der Waals surface area contributed by atoms with Gasteiger partial charge in [-0.2, -0.15) is 0 Å². The van der Waals surface area contributed by atoms with Crippen LogP contribution in [0.3, 0.4) is 0 Å². The van der Waals surface area contributed by atoms with Crippen LogP contribution in [-0.2, 0) is 0 Å². The minimum Gasteiger partial charge on any atom is -0.229 e. The third-order valence-electron chi connectivity index (χ3n) is 2.38. The molecule has 0 fully saturated rings. The van der Waals surface area contributed by atoms with Crippen molar-refractivity contribution >= 4 is 0 Å². The van der Waals surface area contributed by atoms with Crippen molar-refractivity contribution < 1.29 is 0 Å². The summed E-state index contributed by atoms with van der Waals surface area (Å²) in [6, 6.07) is 1.83. The highest BCUT2D eigenvalue weighted by Gasteiger charge is 1.92. The largest absolute Gasteiger partial charge is 0.229 e. The normalized spacial score (nSPS) is 9.00. The maximum Gasteiger partial charge on any atom is 0.206 e. The number of hydrogen-bond donors (Lipinski definition) is 0. The molecule has 0 amide bonds. The van der Waals surface area contributed by atoms with Crippen LogP contribution in [-0.4, -0.2) is 9.97 Å². The first-order chi connectivity index (χ1) is 8.86. The summed E-state index contributed by atoms with van der Waals surface area (Å²) in [6.45, 7) is 4.32. The smallest absolute Gasteiger partial charge is 0.206 e. The Morgan fingerprint density at radius 2 is 1.67 bits per heavy atom. The summed E-state index contributed by atoms with van der Waals surface area (Å²) in [5.41, 5.74) is 0.765. The average Bonchev–Trinajstić information content (AvgIpc) is 2.40. The fraction of sp³-hybridized carbons (Fsp3) is 0.500. The first-order valence-corrected chi connectivity index (χ1v) is 6.67. The molecule has 0 aromatic carbocycles. The molecule has 1 aromatic rings. The first-order valence-electron chi connectivity index (χ1n) is 6.67. The third-order valence-corrected chi connectivity index (χ3v) is 2.38. The molecule has 1 aromatic heterocycles. The SMILES string of the molecule is CCCCC#Cc1ccnc(C#CCCCC)n1. The van der Waals surface area contributed by atoms with Crippen molar-refractivity contribution in [1.82, 2.24) is 9.97 Å². The minimum atomic E-state index is 0.577. The Morgan fingerprint density at radius 3 is 2.33 bits per heavy atom. The molecule has 0 radical (unpaired) electrons. The number of hydrogen-bond acceptors (Lipinski definition) is 2. The maximum atomic E-state index is 4.31. The van der Waals surface area contributed by atoms with Gasteiger partial charge < -0.3 is 0 Å². The minimum absolute atomic E-state index is 0.577. The van der Waals surface area contributed by atoms with Crippen molar-refractivity contribution in [3.63, 3.8) is 0 Å². The second-order valence-corrected chi connectivity index (χ2v) is 4.08. The quantitative estimate of drug-likeness (QED) is 0.594. The molecule has 2 nitrogen and oxygen atoms in total. The molecule has 18 heavy (non-hydrogen) atoms. The molecule has 0 aliphatic heterocycles. The number of unbranched alkanes of at least 4 members (excludes halogenated alkanes) is 4. The van der Waals surface area contributed by atoms with Gasteiger partial charge >= 0.3 is 0 Å². The van der Waals surface area contributed by atoms with Gasteiger partial charge in [0.25, 0.3) is 0 Å². The van der Waals surface area contributed by atoms with Crippen molar-refractivity contribution in [3.8, 4) is 23.7 Å². The summed E-state index contributed by atoms with van der Waals surface area (Å²) in [6.07, 6.45) is 8.17. The number of rotatable bonds is 4. The molecule has 1 rings (SSSR count). The molecule has 0 aliphatic carbocycles. The van der Waals surface area contributed by atoms with Crippen LogP contribution in [0.2, 0.25) is 0 Å². The predicted octanol–water partition coefficient (Wildman–Crippen LogP) is 3.56. The number of aromatic nitrogens is 2. The molecular formula is C16H20N2. The molecule has 0 unspecified atom stereocenters. The summed E-state index contributed by atoms with van der Waals surface area (Å²) in [7, 11) is 0. The van der Waals surface area contributed by atoms with Crippen LogP contribution in [0.1, 0.15) is 63.9 Å². The molecule has 94 valence electrons. The van der Waals surface area contributed by atoms with Crippen molar-refractivity contribution in [3.05, 3.63) is 23.8 Å². The van der Waals surface area contributed by atoms with Gasteiger partial charge in [-0.05, 0) is 30.7 Å². The lowest BCUT2D eigenvalue weighted by molar-refractivity contribution is 0.827. The molecule has 0 spiro atoms. The van der Waals surface area contributed by atoms with Crippen LogP contribution in [0.4, 0.5) is 0 Å². The van der Waals surface area contributed by atoms with Crippen LogP contribution in [0, 0.1) is 23.7 Å². The lowest BCUT2D eigenvalue weighted by Crippen LogP contribution is -1.91. The van der Waals surface area contributed by atoms with E-state index in [1.807, 2.05) is 6.07 Å². The van der Waals surface area contributed by atoms with E-state index in [0.717, 1.165) is 31.4 Å². The van der Waals surface area contributed by atoms with E-state index in [-0.39, 0.29) is 0 Å². The molecule has 0 bridgehead atoms. The molecular weight excluding hydrogens is 220 g/mol. The Kier molecular flexibility index (Phi) is 7.33. The van der Waals surface area contributed by atoms with Crippen LogP contribution >= 0.6 is 0 Å². The third kappa shape index (κ3) is 6.06. The zero-order valence-corrected chi connectivity index (χ0v) is 11.3. The molecule has 0 saturated carbocycles. The zero-order chi connectivity index (χ0) is 13.1. The summed E-state index contributed by atoms with van der Waals surface area (Å²) in [5, 5.41) is 0. The average molecular weight is 240 g/mol. The molecule has 0 N–H and O–H groups in total. The lowest BCUT2D eigenvalue weighted by Gasteiger charge is -1.91. The topological polar surface area (TPSA) is 25.8 Å². The highest BCUT2D eigenvalue weighted by Crippen LogP contribution is 1.96. The Hall–Kier alpha value is -1.80. The number of nitrogens with zero attached hydrogens (tertiary/aromatic N) is 2. The van der Waals surface area contributed by atoms with Gasteiger partial charge in [0.05, 0.1) is 0 Å². The fourth-order valence-corrected chi connectivity index (χ4v) is 1.31. The van der Waals surface area contributed by atoms with Crippen molar-refractivity contribution in [2.75, 3.05) is 0 Å². The van der Waals surface area contributed by atoms with Gasteiger partial charge in [-0.25, -0.2) is 9.97 Å². The van der Waals surface area contributed by atoms with Gasteiger partial charge in [0, 0.05) is 19.0 Å². The highest BCUT2D eigenvalue weighted by molar-refractivity contribution is 5.30. The van der Waals surface area contributed by atoms with E-state index < -0.39 is 0 Å². The van der Waals surface area contributed by atoms with Gasteiger partial charge in [-0.3, -0.25) is 0 Å². The van der Waals surface area contributed by atoms with Crippen LogP contribution in [0.25, 0.3) is 0 Å². The van der Waals surface area contributed by atoms with Crippen LogP contribution in [0.5, 0.6) is 0 Å². The second kappa shape index (κ2) is 9.25. The fourth-order valence-electron chi connectivity index (χ4n) is 1.31. The highest BCUT2D eigenvalue weighted by atomic mass is 14.9. The van der Waals surface area contributed by atoms with E-state index >= 15 is 0 Å². The van der Waals surface area contributed by atoms with Crippen molar-refractivity contribution in [1.29, 1.82) is 0 Å². The van der Waals surface area contributed by atoms with Gasteiger partial charge in [-0.15, -0.1) is 0 Å². The van der Waals surface area contributed by atoms with Gasteiger partial charge in [0.1, 0.15) is 5.69 Å². The van der Waals surface area contributed by atoms with E-state index in [4.69, 9.17) is 0 Å². The Bertz CT molecular complexity index is 428. The molecule has 0 saturated heterocycles. The maximum absolute atomic E-state index is 4.31. The Morgan fingerprint density at radius 1 is 1.00 bits per heavy atom. The Balaban J connectivity index is 2.59. The predicted molar refractivity (Wildman–Crippen MR) is 74.8 cm³/mol. The summed E-state index contributed by atoms with van der Waals surface area (Å²) in [5.74, 6) is 12.8. The molecule has 0 atom stereocenters. The Labute approximate surface area is 110 Å². The monoisotopic (exact) mass is 240 g/mol. The molecule has 2 heteroatoms. The van der Waals surface area contributed by atoms with Crippen LogP contribution < -0.4 is 0 Å². The van der Waals surface area contributed by atoms with E-state index in [0.29, 0.717) is 5.82 Å². The molecule has 0 aliphatic rings.